The standard InChI is InChI=1S/C16H14N2O6S.C14H12N2O5S/c19-14-8-12(11-3-1-10(2-4-11)7-16(21)22)5-6-13(14)18-9-15(20)17-25(18,23)24;17-11-3-1-2-9(6-11)10-4-5-12(13(18)7-10)16-8-14(19)15-22(16,20)21/h1-6,8,19H,7,9H2,(H,17,20)(H,21,22);1-7,17-18H,8H2,(H,15,19). The fourth-order valence-corrected chi connectivity index (χ4v) is 7.15. The average molecular weight is 683 g/mol. The van der Waals surface area contributed by atoms with E-state index in [9.17, 15) is 46.5 Å². The van der Waals surface area contributed by atoms with E-state index >= 15 is 0 Å². The highest BCUT2D eigenvalue weighted by Crippen LogP contribution is 2.36. The predicted molar refractivity (Wildman–Crippen MR) is 169 cm³/mol. The summed E-state index contributed by atoms with van der Waals surface area (Å²) >= 11 is 0. The van der Waals surface area contributed by atoms with E-state index in [2.05, 4.69) is 0 Å². The van der Waals surface area contributed by atoms with Crippen molar-refractivity contribution in [2.75, 3.05) is 21.7 Å². The Hall–Kier alpha value is -5.81. The number of phenols is 3. The average Bonchev–Trinajstić information content (AvgIpc) is 3.43. The summed E-state index contributed by atoms with van der Waals surface area (Å²) in [5.74, 6) is -2.73. The summed E-state index contributed by atoms with van der Waals surface area (Å²) in [6.45, 7) is -0.763. The van der Waals surface area contributed by atoms with Crippen LogP contribution in [0, 0.1) is 0 Å². The Morgan fingerprint density at radius 2 is 1.09 bits per heavy atom. The molecule has 0 saturated carbocycles. The first-order chi connectivity index (χ1) is 22.1. The molecule has 0 bridgehead atoms. The van der Waals surface area contributed by atoms with Gasteiger partial charge in [-0.3, -0.25) is 14.4 Å². The van der Waals surface area contributed by atoms with Gasteiger partial charge in [0.1, 0.15) is 30.3 Å². The zero-order valence-electron chi connectivity index (χ0n) is 24.1. The Morgan fingerprint density at radius 1 is 0.638 bits per heavy atom. The molecular formula is C30H26N4O11S2. The van der Waals surface area contributed by atoms with Crippen molar-refractivity contribution in [3.8, 4) is 39.5 Å². The summed E-state index contributed by atoms with van der Waals surface area (Å²) in [5.41, 5.74) is 3.29. The third-order valence-corrected chi connectivity index (χ3v) is 9.73. The number of rotatable bonds is 6. The Labute approximate surface area is 268 Å². The van der Waals surface area contributed by atoms with Gasteiger partial charge in [0.2, 0.25) is 0 Å². The molecule has 2 fully saturated rings. The molecule has 2 aliphatic heterocycles. The fourth-order valence-electron chi connectivity index (χ4n) is 4.83. The van der Waals surface area contributed by atoms with Crippen molar-refractivity contribution in [2.24, 2.45) is 0 Å². The monoisotopic (exact) mass is 682 g/mol. The molecule has 2 aliphatic rings. The topological polar surface area (TPSA) is 231 Å². The lowest BCUT2D eigenvalue weighted by Gasteiger charge is -2.16. The summed E-state index contributed by atoms with van der Waals surface area (Å²) < 4.78 is 52.5. The fraction of sp³-hybridized carbons (Fsp3) is 0.100. The molecule has 0 atom stereocenters. The van der Waals surface area contributed by atoms with Gasteiger partial charge in [-0.1, -0.05) is 48.5 Å². The molecule has 2 amide bonds. The van der Waals surface area contributed by atoms with E-state index in [0.29, 0.717) is 22.3 Å². The van der Waals surface area contributed by atoms with Crippen LogP contribution >= 0.6 is 0 Å². The van der Waals surface area contributed by atoms with E-state index in [-0.39, 0.29) is 48.1 Å². The molecule has 47 heavy (non-hydrogen) atoms. The van der Waals surface area contributed by atoms with Gasteiger partial charge in [0.25, 0.3) is 11.8 Å². The largest absolute Gasteiger partial charge is 0.508 e. The van der Waals surface area contributed by atoms with Crippen LogP contribution in [0.1, 0.15) is 5.56 Å². The van der Waals surface area contributed by atoms with Crippen LogP contribution < -0.4 is 18.1 Å². The second-order valence-electron chi connectivity index (χ2n) is 10.3. The SMILES string of the molecule is O=C(O)Cc1ccc(-c2ccc(N3CC(=O)NS3(=O)=O)c(O)c2)cc1.O=C1CN(c2ccc(-c3cccc(O)c3)cc2O)S(=O)(=O)N1. The number of carbonyl (C=O) groups is 3. The summed E-state index contributed by atoms with van der Waals surface area (Å²) in [6, 6.07) is 22.0. The molecule has 0 spiro atoms. The minimum Gasteiger partial charge on any atom is -0.508 e. The smallest absolute Gasteiger partial charge is 0.326 e. The maximum absolute atomic E-state index is 11.8. The lowest BCUT2D eigenvalue weighted by Crippen LogP contribution is -2.29. The molecule has 4 aromatic carbocycles. The van der Waals surface area contributed by atoms with Crippen LogP contribution in [0.3, 0.4) is 0 Å². The van der Waals surface area contributed by atoms with Crippen molar-refractivity contribution >= 4 is 49.6 Å². The summed E-state index contributed by atoms with van der Waals surface area (Å²) in [4.78, 5) is 33.2. The van der Waals surface area contributed by atoms with Crippen molar-refractivity contribution in [1.82, 2.24) is 9.44 Å². The van der Waals surface area contributed by atoms with Crippen molar-refractivity contribution in [1.29, 1.82) is 0 Å². The van der Waals surface area contributed by atoms with Gasteiger partial charge in [-0.25, -0.2) is 18.1 Å². The number of nitrogens with zero attached hydrogens (tertiary/aromatic N) is 2. The Morgan fingerprint density at radius 3 is 1.49 bits per heavy atom. The lowest BCUT2D eigenvalue weighted by molar-refractivity contribution is -0.136. The first-order valence-electron chi connectivity index (χ1n) is 13.6. The molecule has 0 unspecified atom stereocenters. The van der Waals surface area contributed by atoms with Crippen LogP contribution in [-0.4, -0.2) is 68.1 Å². The van der Waals surface area contributed by atoms with Crippen LogP contribution in [0.2, 0.25) is 0 Å². The lowest BCUT2D eigenvalue weighted by atomic mass is 10.0. The molecule has 244 valence electrons. The van der Waals surface area contributed by atoms with Gasteiger partial charge in [-0.05, 0) is 64.2 Å². The number of anilines is 2. The minimum atomic E-state index is -3.99. The number of aromatic hydroxyl groups is 3. The number of carboxylic acids is 1. The number of phenolic OH excluding ortho intramolecular Hbond substituents is 3. The quantitative estimate of drug-likeness (QED) is 0.172. The number of aliphatic carboxylic acids is 1. The van der Waals surface area contributed by atoms with Gasteiger partial charge in [0.15, 0.2) is 0 Å². The molecule has 2 saturated heterocycles. The van der Waals surface area contributed by atoms with Crippen LogP contribution in [-0.2, 0) is 41.2 Å². The van der Waals surface area contributed by atoms with Crippen molar-refractivity contribution < 1.29 is 51.6 Å². The van der Waals surface area contributed by atoms with E-state index in [1.807, 2.05) is 9.44 Å². The van der Waals surface area contributed by atoms with Gasteiger partial charge in [-0.2, -0.15) is 16.8 Å². The third-order valence-electron chi connectivity index (χ3n) is 6.95. The van der Waals surface area contributed by atoms with E-state index in [1.165, 1.54) is 36.4 Å². The van der Waals surface area contributed by atoms with E-state index in [1.54, 1.807) is 48.5 Å². The van der Waals surface area contributed by atoms with Gasteiger partial charge in [-0.15, -0.1) is 0 Å². The first kappa shape index (κ1) is 32.6. The highest BCUT2D eigenvalue weighted by atomic mass is 32.2. The van der Waals surface area contributed by atoms with Gasteiger partial charge < -0.3 is 20.4 Å². The minimum absolute atomic E-state index is 0.00426. The zero-order chi connectivity index (χ0) is 34.1. The van der Waals surface area contributed by atoms with Crippen molar-refractivity contribution in [3.05, 3.63) is 90.5 Å². The van der Waals surface area contributed by atoms with Crippen LogP contribution in [0.4, 0.5) is 11.4 Å². The first-order valence-corrected chi connectivity index (χ1v) is 16.4. The zero-order valence-corrected chi connectivity index (χ0v) is 25.7. The Kier molecular flexibility index (Phi) is 8.68. The molecule has 0 aromatic heterocycles. The van der Waals surface area contributed by atoms with Crippen molar-refractivity contribution in [2.45, 2.75) is 6.42 Å². The van der Waals surface area contributed by atoms with Crippen molar-refractivity contribution in [3.63, 3.8) is 0 Å². The molecule has 4 aromatic rings. The second kappa shape index (κ2) is 12.5. The maximum atomic E-state index is 11.8. The van der Waals surface area contributed by atoms with Gasteiger partial charge in [0, 0.05) is 0 Å². The predicted octanol–water partition coefficient (Wildman–Crippen LogP) is 1.81. The Bertz CT molecular complexity index is 2120. The van der Waals surface area contributed by atoms with E-state index < -0.39 is 38.2 Å². The number of benzene rings is 4. The van der Waals surface area contributed by atoms with Crippen LogP contribution in [0.15, 0.2) is 84.9 Å². The molecular weight excluding hydrogens is 656 g/mol. The molecule has 6 rings (SSSR count). The maximum Gasteiger partial charge on any atom is 0.326 e. The number of carbonyl (C=O) groups excluding carboxylic acids is 2. The second-order valence-corrected chi connectivity index (χ2v) is 13.5. The molecule has 6 N–H and O–H groups in total. The normalized spacial score (nSPS) is 16.2. The molecule has 17 heteroatoms. The van der Waals surface area contributed by atoms with Gasteiger partial charge >= 0.3 is 26.4 Å². The van der Waals surface area contributed by atoms with Crippen LogP contribution in [0.25, 0.3) is 22.3 Å². The third kappa shape index (κ3) is 7.21. The molecule has 2 heterocycles. The summed E-state index contributed by atoms with van der Waals surface area (Å²) in [5, 5.41) is 38.5. The summed E-state index contributed by atoms with van der Waals surface area (Å²) in [6.07, 6.45) is -0.0850. The number of nitrogens with one attached hydrogen (secondary N) is 2. The molecule has 15 nitrogen and oxygen atoms in total. The number of carboxylic acid groups (broad SMARTS) is 1. The number of amides is 2. The number of hydrogen-bond donors (Lipinski definition) is 6. The highest BCUT2D eigenvalue weighted by Gasteiger charge is 2.36. The molecule has 0 radical (unpaired) electrons. The summed E-state index contributed by atoms with van der Waals surface area (Å²) in [7, 11) is -7.95. The van der Waals surface area contributed by atoms with Crippen LogP contribution in [0.5, 0.6) is 17.2 Å². The number of hydrogen-bond acceptors (Lipinski definition) is 10. The van der Waals surface area contributed by atoms with E-state index in [0.717, 1.165) is 14.2 Å². The Balaban J connectivity index is 0.000000186. The van der Waals surface area contributed by atoms with Gasteiger partial charge in [0.05, 0.1) is 17.8 Å². The highest BCUT2D eigenvalue weighted by molar-refractivity contribution is 7.92. The van der Waals surface area contributed by atoms with E-state index in [4.69, 9.17) is 5.11 Å². The molecule has 0 aliphatic carbocycles.